The zero-order chi connectivity index (χ0) is 30.0. The average molecular weight is 606 g/mol. The maximum atomic E-state index is 13.2. The van der Waals surface area contributed by atoms with Gasteiger partial charge in [-0.1, -0.05) is 78.5 Å². The molecule has 0 radical (unpaired) electrons. The van der Waals surface area contributed by atoms with Crippen LogP contribution in [0.4, 0.5) is 5.69 Å². The summed E-state index contributed by atoms with van der Waals surface area (Å²) in [6.45, 7) is -0.0441. The van der Waals surface area contributed by atoms with Crippen molar-refractivity contribution in [3.05, 3.63) is 131 Å². The third-order valence-electron chi connectivity index (χ3n) is 7.65. The molecule has 220 valence electrons. The van der Waals surface area contributed by atoms with Gasteiger partial charge in [0, 0.05) is 17.7 Å². The quantitative estimate of drug-likeness (QED) is 0.186. The Hall–Kier alpha value is -4.68. The van der Waals surface area contributed by atoms with Crippen LogP contribution in [-0.4, -0.2) is 49.0 Å². The highest BCUT2D eigenvalue weighted by Gasteiger charge is 2.37. The van der Waals surface area contributed by atoms with Crippen molar-refractivity contribution in [1.82, 2.24) is 20.2 Å². The van der Waals surface area contributed by atoms with Gasteiger partial charge in [0.2, 0.25) is 5.16 Å². The molecule has 1 aromatic heterocycles. The maximum absolute atomic E-state index is 13.2. The molecule has 3 heterocycles. The minimum Gasteiger partial charge on any atom is -0.392 e. The van der Waals surface area contributed by atoms with Crippen LogP contribution in [0, 0.1) is 0 Å². The van der Waals surface area contributed by atoms with Crippen LogP contribution in [0.25, 0.3) is 5.69 Å². The summed E-state index contributed by atoms with van der Waals surface area (Å²) >= 11 is 1.49. The molecule has 0 aliphatic carbocycles. The van der Waals surface area contributed by atoms with Gasteiger partial charge in [-0.05, 0) is 58.0 Å². The standard InChI is InChI=1S/C33H27N5O5S/c39-19-21-13-15-22(16-14-21)29-18-26(20-44-33-34-35-36-38(33)24-8-2-1-3-9-24)42-32(43-29)23-7-6-10-25(17-23)37-30(40)27-11-4-5-12-28(27)31(37)41/h1-17,26,29,32,39H,18-20H2/t26-,29+,32+/m0/s1. The number of nitrogens with zero attached hydrogens (tertiary/aromatic N) is 5. The lowest BCUT2D eigenvalue weighted by molar-refractivity contribution is -0.245. The largest absolute Gasteiger partial charge is 0.392 e. The fraction of sp³-hybridized carbons (Fsp3) is 0.182. The first kappa shape index (κ1) is 28.1. The number of tetrazole rings is 1. The van der Waals surface area contributed by atoms with Gasteiger partial charge in [0.25, 0.3) is 11.8 Å². The molecule has 2 aliphatic rings. The summed E-state index contributed by atoms with van der Waals surface area (Å²) in [5, 5.41) is 22.4. The zero-order valence-corrected chi connectivity index (χ0v) is 24.2. The Morgan fingerprint density at radius 2 is 1.50 bits per heavy atom. The number of fused-ring (bicyclic) bond motifs is 1. The van der Waals surface area contributed by atoms with E-state index in [1.54, 1.807) is 47.1 Å². The Bertz CT molecular complexity index is 1780. The van der Waals surface area contributed by atoms with E-state index in [0.717, 1.165) is 16.8 Å². The lowest BCUT2D eigenvalue weighted by atomic mass is 10.0. The second kappa shape index (κ2) is 12.1. The fourth-order valence-corrected chi connectivity index (χ4v) is 6.33. The number of para-hydroxylation sites is 1. The second-order valence-corrected chi connectivity index (χ2v) is 11.4. The van der Waals surface area contributed by atoms with E-state index >= 15 is 0 Å². The molecule has 7 rings (SSSR count). The number of imide groups is 1. The van der Waals surface area contributed by atoms with Gasteiger partial charge in [-0.2, -0.15) is 4.68 Å². The molecule has 5 aromatic rings. The van der Waals surface area contributed by atoms with Crippen molar-refractivity contribution in [1.29, 1.82) is 0 Å². The van der Waals surface area contributed by atoms with E-state index in [1.807, 2.05) is 60.7 Å². The van der Waals surface area contributed by atoms with E-state index in [-0.39, 0.29) is 30.6 Å². The molecule has 2 amide bonds. The summed E-state index contributed by atoms with van der Waals surface area (Å²) in [6, 6.07) is 31.3. The molecular weight excluding hydrogens is 578 g/mol. The predicted molar refractivity (Wildman–Crippen MR) is 162 cm³/mol. The van der Waals surface area contributed by atoms with Gasteiger partial charge in [0.05, 0.1) is 41.3 Å². The van der Waals surface area contributed by atoms with Crippen LogP contribution in [0.1, 0.15) is 56.2 Å². The van der Waals surface area contributed by atoms with Gasteiger partial charge in [-0.25, -0.2) is 4.90 Å². The highest BCUT2D eigenvalue weighted by molar-refractivity contribution is 7.99. The van der Waals surface area contributed by atoms with E-state index in [9.17, 15) is 14.7 Å². The fourth-order valence-electron chi connectivity index (χ4n) is 5.42. The Morgan fingerprint density at radius 3 is 2.23 bits per heavy atom. The van der Waals surface area contributed by atoms with Crippen molar-refractivity contribution in [2.75, 3.05) is 10.7 Å². The van der Waals surface area contributed by atoms with Gasteiger partial charge in [0.1, 0.15) is 0 Å². The third-order valence-corrected chi connectivity index (χ3v) is 8.70. The van der Waals surface area contributed by atoms with Crippen molar-refractivity contribution in [2.45, 2.75) is 36.7 Å². The number of hydrogen-bond acceptors (Lipinski definition) is 9. The zero-order valence-electron chi connectivity index (χ0n) is 23.4. The molecule has 1 saturated heterocycles. The van der Waals surface area contributed by atoms with Crippen LogP contribution in [-0.2, 0) is 16.1 Å². The van der Waals surface area contributed by atoms with Crippen molar-refractivity contribution in [2.24, 2.45) is 0 Å². The molecule has 0 bridgehead atoms. The van der Waals surface area contributed by atoms with Gasteiger partial charge in [-0.15, -0.1) is 5.10 Å². The topological polar surface area (TPSA) is 120 Å². The first-order valence-corrected chi connectivity index (χ1v) is 15.1. The molecule has 3 atom stereocenters. The van der Waals surface area contributed by atoms with E-state index in [1.165, 1.54) is 16.7 Å². The predicted octanol–water partition coefficient (Wildman–Crippen LogP) is 5.29. The van der Waals surface area contributed by atoms with Gasteiger partial charge < -0.3 is 14.6 Å². The minimum atomic E-state index is -0.767. The Morgan fingerprint density at radius 1 is 0.795 bits per heavy atom. The number of aromatic nitrogens is 4. The average Bonchev–Trinajstić information content (AvgIpc) is 3.66. The summed E-state index contributed by atoms with van der Waals surface area (Å²) in [6.07, 6.45) is -0.741. The number of anilines is 1. The molecule has 1 N–H and O–H groups in total. The van der Waals surface area contributed by atoms with Crippen LogP contribution in [0.2, 0.25) is 0 Å². The number of aliphatic hydroxyl groups is 1. The number of hydrogen-bond donors (Lipinski definition) is 1. The summed E-state index contributed by atoms with van der Waals surface area (Å²) < 4.78 is 14.7. The molecule has 0 spiro atoms. The summed E-state index contributed by atoms with van der Waals surface area (Å²) in [7, 11) is 0. The van der Waals surface area contributed by atoms with Crippen LogP contribution < -0.4 is 4.90 Å². The van der Waals surface area contributed by atoms with Gasteiger partial charge in [0.15, 0.2) is 6.29 Å². The Labute approximate surface area is 257 Å². The molecule has 11 heteroatoms. The molecule has 0 saturated carbocycles. The first-order chi connectivity index (χ1) is 21.6. The normalized spacial score (nSPS) is 19.8. The lowest BCUT2D eigenvalue weighted by Gasteiger charge is -2.36. The van der Waals surface area contributed by atoms with Crippen molar-refractivity contribution >= 4 is 29.3 Å². The van der Waals surface area contributed by atoms with E-state index in [4.69, 9.17) is 9.47 Å². The molecule has 1 fully saturated rings. The molecule has 2 aliphatic heterocycles. The number of aliphatic hydroxyl groups excluding tert-OH is 1. The molecule has 44 heavy (non-hydrogen) atoms. The molecule has 10 nitrogen and oxygen atoms in total. The smallest absolute Gasteiger partial charge is 0.266 e. The monoisotopic (exact) mass is 605 g/mol. The SMILES string of the molecule is O=C1c2ccccc2C(=O)N1c1cccc([C@@H]2O[C@H](CSc3nnnn3-c3ccccc3)C[C@H](c3ccc(CO)cc3)O2)c1. The Balaban J connectivity index is 1.15. The molecule has 0 unspecified atom stereocenters. The number of ether oxygens (including phenoxy) is 2. The number of carbonyl (C=O) groups excluding carboxylic acids is 2. The highest BCUT2D eigenvalue weighted by atomic mass is 32.2. The van der Waals surface area contributed by atoms with E-state index in [2.05, 4.69) is 15.5 Å². The lowest BCUT2D eigenvalue weighted by Crippen LogP contribution is -2.32. The molecule has 4 aromatic carbocycles. The van der Waals surface area contributed by atoms with Crippen LogP contribution in [0.3, 0.4) is 0 Å². The Kier molecular flexibility index (Phi) is 7.75. The highest BCUT2D eigenvalue weighted by Crippen LogP contribution is 2.40. The van der Waals surface area contributed by atoms with Crippen LogP contribution in [0.5, 0.6) is 0 Å². The van der Waals surface area contributed by atoms with Crippen LogP contribution >= 0.6 is 11.8 Å². The van der Waals surface area contributed by atoms with E-state index in [0.29, 0.717) is 39.7 Å². The third kappa shape index (κ3) is 5.42. The van der Waals surface area contributed by atoms with Crippen molar-refractivity contribution in [3.63, 3.8) is 0 Å². The summed E-state index contributed by atoms with van der Waals surface area (Å²) in [4.78, 5) is 27.5. The van der Waals surface area contributed by atoms with Gasteiger partial charge in [-0.3, -0.25) is 9.59 Å². The number of thioether (sulfide) groups is 1. The van der Waals surface area contributed by atoms with Crippen LogP contribution in [0.15, 0.2) is 108 Å². The van der Waals surface area contributed by atoms with Crippen molar-refractivity contribution in [3.8, 4) is 5.69 Å². The van der Waals surface area contributed by atoms with Gasteiger partial charge >= 0.3 is 0 Å². The number of benzene rings is 4. The summed E-state index contributed by atoms with van der Waals surface area (Å²) in [5.74, 6) is -0.169. The van der Waals surface area contributed by atoms with E-state index < -0.39 is 6.29 Å². The number of carbonyl (C=O) groups is 2. The second-order valence-electron chi connectivity index (χ2n) is 10.5. The summed E-state index contributed by atoms with van der Waals surface area (Å²) in [5.41, 5.74) is 4.52. The molecular formula is C33H27N5O5S. The first-order valence-electron chi connectivity index (χ1n) is 14.1. The minimum absolute atomic E-state index is 0.0441. The number of amides is 2. The number of rotatable bonds is 8. The maximum Gasteiger partial charge on any atom is 0.266 e. The van der Waals surface area contributed by atoms with Crippen molar-refractivity contribution < 1.29 is 24.2 Å².